The molecular weight excluding hydrogens is 443 g/mol. The Balaban J connectivity index is 1.75. The zero-order valence-corrected chi connectivity index (χ0v) is 19.3. The van der Waals surface area contributed by atoms with E-state index in [1.165, 1.54) is 0 Å². The fourth-order valence-electron chi connectivity index (χ4n) is 2.71. The van der Waals surface area contributed by atoms with E-state index in [1.807, 2.05) is 91.0 Å². The first-order chi connectivity index (χ1) is 14.3. The second-order valence-corrected chi connectivity index (χ2v) is 12.0. The van der Waals surface area contributed by atoms with E-state index in [9.17, 15) is 0 Å². The number of hydrogen-bond acceptors (Lipinski definition) is 4. The van der Waals surface area contributed by atoms with Gasteiger partial charge in [-0.2, -0.15) is 0 Å². The van der Waals surface area contributed by atoms with E-state index in [4.69, 9.17) is 11.3 Å². The third-order valence-electron chi connectivity index (χ3n) is 4.26. The molecule has 3 aromatic rings. The van der Waals surface area contributed by atoms with Crippen LogP contribution in [0.4, 0.5) is 0 Å². The molecule has 0 fully saturated rings. The van der Waals surface area contributed by atoms with Gasteiger partial charge in [-0.05, 0) is 0 Å². The summed E-state index contributed by atoms with van der Waals surface area (Å²) in [6, 6.07) is 30.2. The molecule has 0 amide bonds. The van der Waals surface area contributed by atoms with Crippen molar-refractivity contribution in [1.82, 2.24) is 0 Å². The van der Waals surface area contributed by atoms with Crippen molar-refractivity contribution in [3.8, 4) is 0 Å². The molecule has 0 aromatic heterocycles. The molecule has 3 aromatic carbocycles. The summed E-state index contributed by atoms with van der Waals surface area (Å²) in [5, 5.41) is 0. The summed E-state index contributed by atoms with van der Waals surface area (Å²) in [4.78, 5) is 0. The van der Waals surface area contributed by atoms with E-state index in [-0.39, 0.29) is 0 Å². The molecule has 0 aliphatic carbocycles. The quantitative estimate of drug-likeness (QED) is 0.331. The van der Waals surface area contributed by atoms with Gasteiger partial charge in [0.1, 0.15) is 0 Å². The van der Waals surface area contributed by atoms with Gasteiger partial charge in [-0.15, -0.1) is 0 Å². The van der Waals surface area contributed by atoms with Gasteiger partial charge >= 0.3 is 181 Å². The first kappa shape index (κ1) is 22.1. The molecule has 0 aliphatic heterocycles. The Labute approximate surface area is 180 Å². The van der Waals surface area contributed by atoms with Crippen molar-refractivity contribution in [2.75, 3.05) is 6.61 Å². The van der Waals surface area contributed by atoms with E-state index in [1.54, 1.807) is 0 Å². The molecule has 0 N–H and O–H groups in total. The van der Waals surface area contributed by atoms with Crippen molar-refractivity contribution >= 4 is 0 Å². The zero-order chi connectivity index (χ0) is 20.2. The first-order valence-electron chi connectivity index (χ1n) is 9.97. The van der Waals surface area contributed by atoms with Gasteiger partial charge in [0.25, 0.3) is 0 Å². The Hall–Kier alpha value is -1.62. The Morgan fingerprint density at radius 2 is 0.862 bits per heavy atom. The fraction of sp³-hybridized carbons (Fsp3) is 0.250. The standard InChI is InChI=1S/3C7H7O.C3H7O.Zr/c3*8-6-7-4-2-1-3-5-7;1-2-3-4;/h3*1-5H,6H2;2-3H2,1H3;/q4*-1;+4. The number of rotatable bonds is 12. The third-order valence-corrected chi connectivity index (χ3v) is 9.30. The van der Waals surface area contributed by atoms with Crippen LogP contribution in [0.1, 0.15) is 30.0 Å². The minimum absolute atomic E-state index is 0.407. The zero-order valence-electron chi connectivity index (χ0n) is 16.8. The summed E-state index contributed by atoms with van der Waals surface area (Å²) in [6.07, 6.45) is 0.872. The maximum atomic E-state index is 6.30. The van der Waals surface area contributed by atoms with Crippen molar-refractivity contribution in [3.63, 3.8) is 0 Å². The second-order valence-electron chi connectivity index (χ2n) is 6.67. The van der Waals surface area contributed by atoms with Crippen LogP contribution in [0.3, 0.4) is 0 Å². The van der Waals surface area contributed by atoms with Crippen LogP contribution in [-0.2, 0) is 53.1 Å². The molecule has 0 bridgehead atoms. The normalized spacial score (nSPS) is 11.5. The van der Waals surface area contributed by atoms with Crippen LogP contribution in [0.5, 0.6) is 0 Å². The average Bonchev–Trinajstić information content (AvgIpc) is 2.80. The summed E-state index contributed by atoms with van der Waals surface area (Å²) < 4.78 is 25.1. The summed E-state index contributed by atoms with van der Waals surface area (Å²) in [7, 11) is 0. The third kappa shape index (κ3) is 7.62. The molecule has 0 saturated heterocycles. The molecule has 0 saturated carbocycles. The fourth-order valence-corrected chi connectivity index (χ4v) is 7.59. The van der Waals surface area contributed by atoms with E-state index in [0.717, 1.165) is 23.1 Å². The number of hydrogen-bond donors (Lipinski definition) is 0. The SMILES string of the molecule is CCC[O][Zr]([O]Cc1ccccc1)([O]Cc1ccccc1)[O]Cc1ccccc1. The van der Waals surface area contributed by atoms with Crippen LogP contribution < -0.4 is 0 Å². The van der Waals surface area contributed by atoms with Crippen LogP contribution in [0.25, 0.3) is 0 Å². The predicted molar refractivity (Wildman–Crippen MR) is 110 cm³/mol. The number of benzene rings is 3. The van der Waals surface area contributed by atoms with E-state index in [0.29, 0.717) is 26.4 Å². The van der Waals surface area contributed by atoms with Gasteiger partial charge in [-0.1, -0.05) is 0 Å². The molecule has 0 aliphatic rings. The Morgan fingerprint density at radius 3 is 1.17 bits per heavy atom. The van der Waals surface area contributed by atoms with Gasteiger partial charge in [-0.3, -0.25) is 0 Å². The van der Waals surface area contributed by atoms with Crippen molar-refractivity contribution in [2.45, 2.75) is 33.2 Å². The van der Waals surface area contributed by atoms with Crippen molar-refractivity contribution in [2.24, 2.45) is 0 Å². The molecule has 4 nitrogen and oxygen atoms in total. The molecule has 5 heteroatoms. The van der Waals surface area contributed by atoms with Crippen LogP contribution in [-0.4, -0.2) is 6.61 Å². The molecule has 0 spiro atoms. The van der Waals surface area contributed by atoms with Crippen LogP contribution in [0.15, 0.2) is 91.0 Å². The monoisotopic (exact) mass is 470 g/mol. The molecule has 0 atom stereocenters. The van der Waals surface area contributed by atoms with E-state index < -0.39 is 22.0 Å². The minimum atomic E-state index is -4.28. The van der Waals surface area contributed by atoms with Crippen LogP contribution >= 0.6 is 0 Å². The summed E-state index contributed by atoms with van der Waals surface area (Å²) in [5.41, 5.74) is 3.21. The summed E-state index contributed by atoms with van der Waals surface area (Å²) in [6.45, 7) is 3.84. The van der Waals surface area contributed by atoms with Gasteiger partial charge in [0.15, 0.2) is 0 Å². The van der Waals surface area contributed by atoms with E-state index >= 15 is 0 Å². The molecule has 152 valence electrons. The molecule has 0 radical (unpaired) electrons. The van der Waals surface area contributed by atoms with Gasteiger partial charge < -0.3 is 0 Å². The maximum absolute atomic E-state index is 6.30. The van der Waals surface area contributed by atoms with Gasteiger partial charge in [-0.25, -0.2) is 0 Å². The van der Waals surface area contributed by atoms with Gasteiger partial charge in [0.2, 0.25) is 0 Å². The summed E-state index contributed by atoms with van der Waals surface area (Å²) >= 11 is -4.28. The predicted octanol–water partition coefficient (Wildman–Crippen LogP) is 5.88. The van der Waals surface area contributed by atoms with Crippen molar-refractivity contribution in [3.05, 3.63) is 108 Å². The van der Waals surface area contributed by atoms with Crippen molar-refractivity contribution < 1.29 is 33.3 Å². The molecule has 29 heavy (non-hydrogen) atoms. The van der Waals surface area contributed by atoms with Gasteiger partial charge in [0, 0.05) is 0 Å². The van der Waals surface area contributed by atoms with Crippen LogP contribution in [0.2, 0.25) is 0 Å². The molecule has 0 heterocycles. The van der Waals surface area contributed by atoms with E-state index in [2.05, 4.69) is 6.92 Å². The average molecular weight is 472 g/mol. The van der Waals surface area contributed by atoms with Crippen molar-refractivity contribution in [1.29, 1.82) is 0 Å². The Kier molecular flexibility index (Phi) is 9.26. The Bertz CT molecular complexity index is 706. The second kappa shape index (κ2) is 12.2. The molecule has 0 unspecified atom stereocenters. The first-order valence-corrected chi connectivity index (χ1v) is 14.0. The Morgan fingerprint density at radius 1 is 0.517 bits per heavy atom. The van der Waals surface area contributed by atoms with Crippen LogP contribution in [0, 0.1) is 0 Å². The molecular formula is C24H28O4Zr. The topological polar surface area (TPSA) is 36.9 Å². The molecule has 3 rings (SSSR count). The summed E-state index contributed by atoms with van der Waals surface area (Å²) in [5.74, 6) is 0. The van der Waals surface area contributed by atoms with Gasteiger partial charge in [0.05, 0.1) is 0 Å².